The maximum absolute atomic E-state index is 12.9. The second-order valence-electron chi connectivity index (χ2n) is 18.1. The number of Topliss-reactive ketones (excluding diaryl/α,β-unsaturated/α-hetero) is 2. The Hall–Kier alpha value is -4.27. The average molecular weight is 1030 g/mol. The fourth-order valence-electron chi connectivity index (χ4n) is 7.86. The van der Waals surface area contributed by atoms with Crippen LogP contribution in [0.2, 0.25) is 20.1 Å². The second kappa shape index (κ2) is 27.2. The Morgan fingerprint density at radius 2 is 1.09 bits per heavy atom. The highest BCUT2D eigenvalue weighted by Crippen LogP contribution is 2.42. The number of amides is 2. The van der Waals surface area contributed by atoms with Crippen LogP contribution in [0.5, 0.6) is 0 Å². The molecule has 0 bridgehead atoms. The number of halogens is 4. The third kappa shape index (κ3) is 17.9. The number of nitrogens with one attached hydrogen (secondary N) is 2. The van der Waals surface area contributed by atoms with Gasteiger partial charge in [0.15, 0.2) is 11.6 Å². The fraction of sp³-hybridized carbons (Fsp3) is 0.545. The molecule has 2 aromatic rings. The van der Waals surface area contributed by atoms with E-state index in [1.165, 1.54) is 29.2 Å². The number of carboxylic acids is 2. The highest BCUT2D eigenvalue weighted by atomic mass is 35.5. The third-order valence-electron chi connectivity index (χ3n) is 11.2. The van der Waals surface area contributed by atoms with E-state index >= 15 is 0 Å². The number of hydrogen-bond donors (Lipinski definition) is 6. The van der Waals surface area contributed by atoms with Crippen LogP contribution < -0.4 is 10.6 Å². The molecule has 2 aliphatic rings. The number of carbonyl (C=O) groups is 8. The van der Waals surface area contributed by atoms with Crippen LogP contribution in [0, 0.1) is 11.8 Å². The average Bonchev–Trinajstić information content (AvgIpc) is 3.67. The fourth-order valence-corrected chi connectivity index (χ4v) is 8.65. The topological polar surface area (TPSA) is 263 Å². The molecule has 24 heteroatoms. The van der Waals surface area contributed by atoms with E-state index in [1.807, 2.05) is 41.5 Å². The molecule has 0 aliphatic carbocycles. The normalized spacial score (nSPS) is 18.2. The molecule has 0 unspecified atom stereocenters. The van der Waals surface area contributed by atoms with Gasteiger partial charge in [-0.15, -0.1) is 0 Å². The Kier molecular flexibility index (Phi) is 23.9. The zero-order valence-corrected chi connectivity index (χ0v) is 42.5. The molecule has 2 aromatic carbocycles. The predicted octanol–water partition coefficient (Wildman–Crippen LogP) is 5.67. The predicted molar refractivity (Wildman–Crippen MR) is 258 cm³/mol. The maximum atomic E-state index is 12.9. The van der Waals surface area contributed by atoms with Crippen molar-refractivity contribution in [2.75, 3.05) is 26.2 Å². The van der Waals surface area contributed by atoms with Gasteiger partial charge in [-0.1, -0.05) is 74.1 Å². The highest BCUT2D eigenvalue weighted by Gasteiger charge is 2.71. The molecule has 18 nitrogen and oxygen atoms in total. The molecule has 2 aliphatic heterocycles. The molecular weight excluding hydrogens is 972 g/mol. The van der Waals surface area contributed by atoms with Crippen LogP contribution in [-0.2, 0) is 38.1 Å². The summed E-state index contributed by atoms with van der Waals surface area (Å²) in [6.45, 7) is 12.1. The van der Waals surface area contributed by atoms with Crippen molar-refractivity contribution in [2.45, 2.75) is 118 Å². The molecule has 0 spiro atoms. The van der Waals surface area contributed by atoms with Crippen LogP contribution in [0.15, 0.2) is 36.4 Å². The molecular formula is C44H62B2Cl4N4O14. The van der Waals surface area contributed by atoms with Crippen molar-refractivity contribution in [3.05, 3.63) is 67.6 Å². The van der Waals surface area contributed by atoms with Crippen LogP contribution in [0.4, 0.5) is 0 Å². The summed E-state index contributed by atoms with van der Waals surface area (Å²) in [6.07, 6.45) is 0.575. The van der Waals surface area contributed by atoms with Crippen molar-refractivity contribution >= 4 is 107 Å². The van der Waals surface area contributed by atoms with E-state index in [1.54, 1.807) is 26.0 Å². The number of carbonyl (C=O) groups excluding carboxylic acids is 6. The van der Waals surface area contributed by atoms with Crippen molar-refractivity contribution in [3.8, 4) is 0 Å². The number of fused-ring (bicyclic) bond motifs is 1. The lowest BCUT2D eigenvalue weighted by Crippen LogP contribution is -2.74. The largest absolute Gasteiger partial charge is 0.605 e. The van der Waals surface area contributed by atoms with Crippen molar-refractivity contribution in [1.29, 1.82) is 0 Å². The maximum Gasteiger partial charge on any atom is 0.605 e. The standard InChI is InChI=1S/C22H29BCl2N2O6.C15H20BCl2NO4.C7H13NO4/c1-13(2)9-19(23-27(14(3)4,11-21(30)32-23)12-22(31)33-23)26-20(29)8-7-18(28)16-10-15(24)5-6-17(16)25;1-9(2)7-14(16(22)23)19-15(21)6-5-13(20)11-8-10(17)3-4-12(11)18;1-5(2)8(3-6(9)10)4-7(11)12/h5-6,10,13-14,19H,7-9,11-12H2,1-4H3,(H,26,29);3-4,8-9,14,22-23H,5-7H2,1-2H3,(H,19,21);5H,3-4H2,1-2H3,(H,9,10)(H,11,12)/t19-,23?,27?;14-;/m00./s1. The molecule has 2 atom stereocenters. The van der Waals surface area contributed by atoms with E-state index in [9.17, 15) is 48.4 Å². The SMILES string of the molecule is CC(C)C[C@H](NC(=O)CCC(=O)c1cc(Cl)ccc1Cl)B(O)O.CC(C)C[C@H](NC(=O)CCC(=O)c1cc(Cl)ccc1Cl)[B-]12OC(=O)C[N+]1(C(C)C)CC(=O)O2.CC(C)N(CC(=O)O)CC(=O)O. The summed E-state index contributed by atoms with van der Waals surface area (Å²) in [4.78, 5) is 96.1. The summed E-state index contributed by atoms with van der Waals surface area (Å²) in [5.74, 6) is -5.52. The van der Waals surface area contributed by atoms with Crippen molar-refractivity contribution in [1.82, 2.24) is 15.5 Å². The van der Waals surface area contributed by atoms with Crippen LogP contribution in [0.25, 0.3) is 0 Å². The molecule has 2 saturated heterocycles. The van der Waals surface area contributed by atoms with Crippen LogP contribution in [0.1, 0.15) is 115 Å². The number of aliphatic carboxylic acids is 2. The Morgan fingerprint density at radius 1 is 0.676 bits per heavy atom. The summed E-state index contributed by atoms with van der Waals surface area (Å²) in [5, 5.41) is 42.1. The number of hydrogen-bond acceptors (Lipinski definition) is 13. The molecule has 0 saturated carbocycles. The third-order valence-corrected chi connectivity index (χ3v) is 12.4. The number of nitrogens with zero attached hydrogens (tertiary/aromatic N) is 2. The van der Waals surface area contributed by atoms with E-state index < -0.39 is 61.4 Å². The summed E-state index contributed by atoms with van der Waals surface area (Å²) in [7, 11) is -1.64. The number of benzene rings is 2. The van der Waals surface area contributed by atoms with Crippen LogP contribution in [0.3, 0.4) is 0 Å². The smallest absolute Gasteiger partial charge is 0.599 e. The minimum atomic E-state index is -2.49. The first kappa shape index (κ1) is 59.9. The minimum absolute atomic E-state index is 0.0135. The van der Waals surface area contributed by atoms with Crippen molar-refractivity contribution in [3.63, 3.8) is 0 Å². The van der Waals surface area contributed by atoms with Gasteiger partial charge in [-0.2, -0.15) is 0 Å². The highest BCUT2D eigenvalue weighted by molar-refractivity contribution is 6.68. The summed E-state index contributed by atoms with van der Waals surface area (Å²) in [5.41, 5.74) is 0.524. The van der Waals surface area contributed by atoms with E-state index in [0.717, 1.165) is 0 Å². The zero-order valence-electron chi connectivity index (χ0n) is 39.4. The molecule has 4 rings (SSSR count). The first-order valence-corrected chi connectivity index (χ1v) is 23.6. The Morgan fingerprint density at radius 3 is 1.44 bits per heavy atom. The van der Waals surface area contributed by atoms with Gasteiger partial charge in [0.05, 0.1) is 35.0 Å². The first-order chi connectivity index (χ1) is 31.5. The van der Waals surface area contributed by atoms with Gasteiger partial charge in [0.2, 0.25) is 11.8 Å². The molecule has 0 aromatic heterocycles. The minimum Gasteiger partial charge on any atom is -0.599 e. The van der Waals surface area contributed by atoms with Gasteiger partial charge in [-0.05, 0) is 88.8 Å². The lowest BCUT2D eigenvalue weighted by Gasteiger charge is -2.50. The lowest BCUT2D eigenvalue weighted by atomic mass is 9.56. The van der Waals surface area contributed by atoms with Gasteiger partial charge in [0.25, 0.3) is 0 Å². The first-order valence-electron chi connectivity index (χ1n) is 22.1. The van der Waals surface area contributed by atoms with E-state index in [2.05, 4.69) is 10.6 Å². The van der Waals surface area contributed by atoms with Gasteiger partial charge in [0.1, 0.15) is 13.1 Å². The second-order valence-corrected chi connectivity index (χ2v) is 19.8. The number of quaternary nitrogens is 1. The van der Waals surface area contributed by atoms with Gasteiger partial charge in [-0.25, -0.2) is 0 Å². The number of ketones is 2. The van der Waals surface area contributed by atoms with Crippen molar-refractivity contribution < 1.29 is 72.3 Å². The molecule has 2 heterocycles. The molecule has 2 amide bonds. The molecule has 376 valence electrons. The Balaban J connectivity index is 0.000000393. The Labute approximate surface area is 417 Å². The molecule has 68 heavy (non-hydrogen) atoms. The van der Waals surface area contributed by atoms with Gasteiger partial charge >= 0.3 is 37.7 Å². The van der Waals surface area contributed by atoms with Crippen molar-refractivity contribution in [2.24, 2.45) is 11.8 Å². The van der Waals surface area contributed by atoms with Crippen LogP contribution >= 0.6 is 46.4 Å². The number of rotatable bonds is 22. The van der Waals surface area contributed by atoms with Gasteiger partial charge < -0.3 is 44.6 Å². The summed E-state index contributed by atoms with van der Waals surface area (Å²) in [6, 6.07) is 8.93. The number of carboxylic acid groups (broad SMARTS) is 2. The zero-order chi connectivity index (χ0) is 51.8. The van der Waals surface area contributed by atoms with Crippen LogP contribution in [-0.4, -0.2) is 141 Å². The van der Waals surface area contributed by atoms with Gasteiger partial charge in [0, 0.05) is 58.9 Å². The summed E-state index contributed by atoms with van der Waals surface area (Å²) >= 11 is 23.8. The molecule has 6 N–H and O–H groups in total. The molecule has 2 fully saturated rings. The van der Waals surface area contributed by atoms with E-state index in [4.69, 9.17) is 65.9 Å². The Bertz CT molecular complexity index is 2110. The lowest BCUT2D eigenvalue weighted by molar-refractivity contribution is -0.839. The quantitative estimate of drug-likeness (QED) is 0.0613. The molecule has 0 radical (unpaired) electrons. The van der Waals surface area contributed by atoms with E-state index in [0.29, 0.717) is 22.9 Å². The monoisotopic (exact) mass is 1030 g/mol. The van der Waals surface area contributed by atoms with Gasteiger partial charge in [-0.3, -0.25) is 43.3 Å². The summed E-state index contributed by atoms with van der Waals surface area (Å²) < 4.78 is 11.5. The van der Waals surface area contributed by atoms with E-state index in [-0.39, 0.29) is 113 Å².